The Morgan fingerprint density at radius 2 is 2.31 bits per heavy atom. The van der Waals surface area contributed by atoms with Crippen LogP contribution in [0.25, 0.3) is 11.0 Å². The minimum absolute atomic E-state index is 0.182. The second kappa shape index (κ2) is 3.08. The average Bonchev–Trinajstić information content (AvgIpc) is 2.49. The molecule has 68 valence electrons. The molecule has 0 aliphatic carbocycles. The van der Waals surface area contributed by atoms with Crippen molar-refractivity contribution in [1.82, 2.24) is 0 Å². The molecule has 0 fully saturated rings. The molecule has 0 unspecified atom stereocenters. The standard InChI is InChI=1S/C9H9NO3/c10-13-5-6-4-12-9-3-7(11)1-2-8(6)9/h1-4,11H,5,10H2. The van der Waals surface area contributed by atoms with Crippen molar-refractivity contribution in [2.24, 2.45) is 5.90 Å². The average molecular weight is 179 g/mol. The molecule has 2 aromatic rings. The predicted molar refractivity (Wildman–Crippen MR) is 46.9 cm³/mol. The third-order valence-electron chi connectivity index (χ3n) is 1.88. The smallest absolute Gasteiger partial charge is 0.137 e. The van der Waals surface area contributed by atoms with Gasteiger partial charge in [0.15, 0.2) is 0 Å². The molecule has 2 rings (SSSR count). The quantitative estimate of drug-likeness (QED) is 0.686. The first kappa shape index (κ1) is 8.10. The minimum atomic E-state index is 0.182. The number of phenols is 1. The number of furan rings is 1. The highest BCUT2D eigenvalue weighted by Gasteiger charge is 2.05. The third-order valence-corrected chi connectivity index (χ3v) is 1.88. The second-order valence-electron chi connectivity index (χ2n) is 2.75. The molecular weight excluding hydrogens is 170 g/mol. The SMILES string of the molecule is NOCc1coc2cc(O)ccc12. The van der Waals surface area contributed by atoms with E-state index < -0.39 is 0 Å². The molecule has 0 saturated heterocycles. The molecule has 4 heteroatoms. The van der Waals surface area contributed by atoms with E-state index >= 15 is 0 Å². The molecular formula is C9H9NO3. The van der Waals surface area contributed by atoms with Gasteiger partial charge in [-0.3, -0.25) is 4.84 Å². The zero-order valence-corrected chi connectivity index (χ0v) is 6.86. The number of nitrogens with two attached hydrogens (primary N) is 1. The zero-order valence-electron chi connectivity index (χ0n) is 6.86. The van der Waals surface area contributed by atoms with Gasteiger partial charge in [-0.15, -0.1) is 0 Å². The van der Waals surface area contributed by atoms with Gasteiger partial charge in [-0.1, -0.05) is 0 Å². The van der Waals surface area contributed by atoms with E-state index in [0.29, 0.717) is 12.2 Å². The van der Waals surface area contributed by atoms with Crippen LogP contribution in [0.5, 0.6) is 5.75 Å². The van der Waals surface area contributed by atoms with Gasteiger partial charge in [0.05, 0.1) is 12.9 Å². The maximum atomic E-state index is 9.15. The molecule has 0 amide bonds. The maximum absolute atomic E-state index is 9.15. The van der Waals surface area contributed by atoms with E-state index in [0.717, 1.165) is 10.9 Å². The summed E-state index contributed by atoms with van der Waals surface area (Å²) in [6.45, 7) is 0.303. The molecule has 4 nitrogen and oxygen atoms in total. The Kier molecular flexibility index (Phi) is 1.92. The van der Waals surface area contributed by atoms with Crippen LogP contribution in [-0.4, -0.2) is 5.11 Å². The Labute approximate surface area is 74.5 Å². The summed E-state index contributed by atoms with van der Waals surface area (Å²) in [6, 6.07) is 4.91. The fourth-order valence-electron chi connectivity index (χ4n) is 1.27. The molecule has 0 bridgehead atoms. The van der Waals surface area contributed by atoms with Crippen LogP contribution in [0.1, 0.15) is 5.56 Å². The van der Waals surface area contributed by atoms with Gasteiger partial charge in [0.25, 0.3) is 0 Å². The highest BCUT2D eigenvalue weighted by Crippen LogP contribution is 2.24. The Bertz CT molecular complexity index is 422. The van der Waals surface area contributed by atoms with E-state index in [-0.39, 0.29) is 5.75 Å². The van der Waals surface area contributed by atoms with Crippen LogP contribution in [0.4, 0.5) is 0 Å². The lowest BCUT2D eigenvalue weighted by atomic mass is 10.2. The summed E-state index contributed by atoms with van der Waals surface area (Å²) in [7, 11) is 0. The topological polar surface area (TPSA) is 68.6 Å². The number of phenolic OH excluding ortho intramolecular Hbond substituents is 1. The number of hydrogen-bond donors (Lipinski definition) is 2. The zero-order chi connectivity index (χ0) is 9.26. The monoisotopic (exact) mass is 179 g/mol. The van der Waals surface area contributed by atoms with E-state index in [4.69, 9.17) is 15.4 Å². The van der Waals surface area contributed by atoms with Crippen LogP contribution in [0.15, 0.2) is 28.9 Å². The first-order chi connectivity index (χ1) is 6.31. The molecule has 1 heterocycles. The fraction of sp³-hybridized carbons (Fsp3) is 0.111. The Hall–Kier alpha value is -1.52. The Balaban J connectivity index is 2.55. The van der Waals surface area contributed by atoms with Crippen molar-refractivity contribution in [2.75, 3.05) is 0 Å². The summed E-state index contributed by atoms with van der Waals surface area (Å²) in [5.41, 5.74) is 1.50. The van der Waals surface area contributed by atoms with Crippen molar-refractivity contribution >= 4 is 11.0 Å². The predicted octanol–water partition coefficient (Wildman–Crippen LogP) is 1.53. The van der Waals surface area contributed by atoms with Crippen LogP contribution < -0.4 is 5.90 Å². The summed E-state index contributed by atoms with van der Waals surface area (Å²) >= 11 is 0. The van der Waals surface area contributed by atoms with Gasteiger partial charge in [0.2, 0.25) is 0 Å². The third kappa shape index (κ3) is 1.37. The molecule has 0 aliphatic rings. The first-order valence-electron chi connectivity index (χ1n) is 3.82. The fourth-order valence-corrected chi connectivity index (χ4v) is 1.27. The van der Waals surface area contributed by atoms with E-state index in [2.05, 4.69) is 4.84 Å². The van der Waals surface area contributed by atoms with Crippen molar-refractivity contribution in [3.8, 4) is 5.75 Å². The van der Waals surface area contributed by atoms with Gasteiger partial charge in [-0.05, 0) is 12.1 Å². The number of fused-ring (bicyclic) bond motifs is 1. The minimum Gasteiger partial charge on any atom is -0.508 e. The van der Waals surface area contributed by atoms with Crippen LogP contribution in [0.2, 0.25) is 0 Å². The van der Waals surface area contributed by atoms with Crippen LogP contribution in [-0.2, 0) is 11.4 Å². The highest BCUT2D eigenvalue weighted by molar-refractivity contribution is 5.82. The molecule has 0 radical (unpaired) electrons. The molecule has 3 N–H and O–H groups in total. The Morgan fingerprint density at radius 1 is 1.46 bits per heavy atom. The number of aromatic hydroxyl groups is 1. The summed E-state index contributed by atoms with van der Waals surface area (Å²) in [4.78, 5) is 4.50. The van der Waals surface area contributed by atoms with Gasteiger partial charge in [0, 0.05) is 17.0 Å². The van der Waals surface area contributed by atoms with E-state index in [9.17, 15) is 0 Å². The van der Waals surface area contributed by atoms with Gasteiger partial charge in [-0.2, -0.15) is 0 Å². The summed E-state index contributed by atoms with van der Waals surface area (Å²) in [6.07, 6.45) is 1.57. The van der Waals surface area contributed by atoms with Crippen molar-refractivity contribution in [1.29, 1.82) is 0 Å². The van der Waals surface area contributed by atoms with Crippen LogP contribution >= 0.6 is 0 Å². The molecule has 0 aliphatic heterocycles. The van der Waals surface area contributed by atoms with Crippen molar-refractivity contribution in [2.45, 2.75) is 6.61 Å². The number of rotatable bonds is 2. The maximum Gasteiger partial charge on any atom is 0.137 e. The number of benzene rings is 1. The summed E-state index contributed by atoms with van der Waals surface area (Å²) < 4.78 is 5.19. The lowest BCUT2D eigenvalue weighted by Gasteiger charge is -1.94. The second-order valence-corrected chi connectivity index (χ2v) is 2.75. The molecule has 13 heavy (non-hydrogen) atoms. The van der Waals surface area contributed by atoms with E-state index in [1.54, 1.807) is 24.5 Å². The molecule has 0 spiro atoms. The number of hydrogen-bond acceptors (Lipinski definition) is 4. The van der Waals surface area contributed by atoms with Gasteiger partial charge >= 0.3 is 0 Å². The lowest BCUT2D eigenvalue weighted by molar-refractivity contribution is 0.124. The molecule has 0 atom stereocenters. The van der Waals surface area contributed by atoms with Crippen molar-refractivity contribution < 1.29 is 14.4 Å². The summed E-state index contributed by atoms with van der Waals surface area (Å²) in [5, 5.41) is 10.1. The molecule has 0 saturated carbocycles. The lowest BCUT2D eigenvalue weighted by Crippen LogP contribution is -1.97. The molecule has 1 aromatic heterocycles. The molecule has 1 aromatic carbocycles. The van der Waals surface area contributed by atoms with E-state index in [1.807, 2.05) is 0 Å². The van der Waals surface area contributed by atoms with Crippen LogP contribution in [0.3, 0.4) is 0 Å². The van der Waals surface area contributed by atoms with Gasteiger partial charge in [-0.25, -0.2) is 5.90 Å². The normalized spacial score (nSPS) is 10.8. The van der Waals surface area contributed by atoms with Crippen LogP contribution in [0, 0.1) is 0 Å². The highest BCUT2D eigenvalue weighted by atomic mass is 16.6. The Morgan fingerprint density at radius 3 is 3.08 bits per heavy atom. The van der Waals surface area contributed by atoms with Gasteiger partial charge in [0.1, 0.15) is 11.3 Å². The van der Waals surface area contributed by atoms with Crippen molar-refractivity contribution in [3.63, 3.8) is 0 Å². The van der Waals surface area contributed by atoms with Crippen molar-refractivity contribution in [3.05, 3.63) is 30.0 Å². The summed E-state index contributed by atoms with van der Waals surface area (Å²) in [5.74, 6) is 5.13. The largest absolute Gasteiger partial charge is 0.508 e. The van der Waals surface area contributed by atoms with E-state index in [1.165, 1.54) is 0 Å². The first-order valence-corrected chi connectivity index (χ1v) is 3.82. The van der Waals surface area contributed by atoms with Gasteiger partial charge < -0.3 is 9.52 Å².